The number of hydrogen-bond donors (Lipinski definition) is 1. The van der Waals surface area contributed by atoms with Crippen LogP contribution in [0.1, 0.15) is 38.4 Å². The summed E-state index contributed by atoms with van der Waals surface area (Å²) in [5.74, 6) is 2.08. The maximum Gasteiger partial charge on any atom is 0.231 e. The molecule has 1 aromatic heterocycles. The summed E-state index contributed by atoms with van der Waals surface area (Å²) in [4.78, 5) is 17.5. The zero-order valence-electron chi connectivity index (χ0n) is 11.9. The second kappa shape index (κ2) is 6.19. The number of piperidine rings is 1. The van der Waals surface area contributed by atoms with Crippen LogP contribution in [0.3, 0.4) is 0 Å². The van der Waals surface area contributed by atoms with E-state index in [1.165, 1.54) is 5.82 Å². The van der Waals surface area contributed by atoms with Gasteiger partial charge >= 0.3 is 0 Å². The molecule has 5 nitrogen and oxygen atoms in total. The summed E-state index contributed by atoms with van der Waals surface area (Å²) < 4.78 is 2.28. The first-order valence-corrected chi connectivity index (χ1v) is 7.08. The van der Waals surface area contributed by atoms with Crippen molar-refractivity contribution in [1.29, 1.82) is 0 Å². The first-order valence-electron chi connectivity index (χ1n) is 7.08. The normalized spacial score (nSPS) is 18.1. The van der Waals surface area contributed by atoms with Gasteiger partial charge in [0.25, 0.3) is 0 Å². The molecule has 1 amide bonds. The maximum atomic E-state index is 10.9. The predicted molar refractivity (Wildman–Crippen MR) is 74.7 cm³/mol. The van der Waals surface area contributed by atoms with Crippen molar-refractivity contribution >= 4 is 5.91 Å². The SMILES string of the molecule is CC(C)c1nccn1CC1CCN(CC(N)=O)CC1. The molecule has 0 aromatic carbocycles. The van der Waals surface area contributed by atoms with E-state index in [1.807, 2.05) is 6.20 Å². The topological polar surface area (TPSA) is 64.2 Å². The van der Waals surface area contributed by atoms with Gasteiger partial charge < -0.3 is 10.3 Å². The first kappa shape index (κ1) is 14.1. The maximum absolute atomic E-state index is 10.9. The van der Waals surface area contributed by atoms with Crippen molar-refractivity contribution < 1.29 is 4.79 Å². The van der Waals surface area contributed by atoms with Crippen LogP contribution in [-0.2, 0) is 11.3 Å². The van der Waals surface area contributed by atoms with Crippen LogP contribution in [0.25, 0.3) is 0 Å². The molecule has 0 saturated carbocycles. The molecule has 1 aliphatic heterocycles. The third kappa shape index (κ3) is 3.80. The molecule has 1 aromatic rings. The smallest absolute Gasteiger partial charge is 0.231 e. The van der Waals surface area contributed by atoms with E-state index in [4.69, 9.17) is 5.73 Å². The molecular formula is C14H24N4O. The van der Waals surface area contributed by atoms with Gasteiger partial charge in [-0.3, -0.25) is 9.69 Å². The van der Waals surface area contributed by atoms with E-state index in [1.54, 1.807) is 0 Å². The summed E-state index contributed by atoms with van der Waals surface area (Å²) in [5, 5.41) is 0. The van der Waals surface area contributed by atoms with Crippen molar-refractivity contribution in [3.05, 3.63) is 18.2 Å². The molecule has 1 fully saturated rings. The van der Waals surface area contributed by atoms with Gasteiger partial charge in [0.05, 0.1) is 6.54 Å². The van der Waals surface area contributed by atoms with E-state index in [9.17, 15) is 4.79 Å². The zero-order chi connectivity index (χ0) is 13.8. The van der Waals surface area contributed by atoms with Gasteiger partial charge in [0, 0.05) is 24.9 Å². The lowest BCUT2D eigenvalue weighted by Gasteiger charge is -2.31. The second-order valence-corrected chi connectivity index (χ2v) is 5.78. The van der Waals surface area contributed by atoms with E-state index in [0.717, 1.165) is 32.5 Å². The standard InChI is InChI=1S/C14H24N4O/c1-11(2)14-16-5-8-18(14)9-12-3-6-17(7-4-12)10-13(15)19/h5,8,11-12H,3-4,6-7,9-10H2,1-2H3,(H2,15,19). The molecule has 0 bridgehead atoms. The van der Waals surface area contributed by atoms with Crippen molar-refractivity contribution in [2.24, 2.45) is 11.7 Å². The average molecular weight is 264 g/mol. The van der Waals surface area contributed by atoms with E-state index in [-0.39, 0.29) is 5.91 Å². The van der Waals surface area contributed by atoms with Crippen LogP contribution in [0.2, 0.25) is 0 Å². The number of carbonyl (C=O) groups is 1. The predicted octanol–water partition coefficient (Wildman–Crippen LogP) is 1.20. The highest BCUT2D eigenvalue weighted by atomic mass is 16.1. The van der Waals surface area contributed by atoms with Crippen LogP contribution in [0, 0.1) is 5.92 Å². The molecule has 2 N–H and O–H groups in total. The quantitative estimate of drug-likeness (QED) is 0.869. The number of nitrogens with two attached hydrogens (primary N) is 1. The highest BCUT2D eigenvalue weighted by Crippen LogP contribution is 2.21. The molecule has 1 saturated heterocycles. The Balaban J connectivity index is 1.85. The van der Waals surface area contributed by atoms with Gasteiger partial charge in [-0.2, -0.15) is 0 Å². The van der Waals surface area contributed by atoms with Gasteiger partial charge in [0.1, 0.15) is 5.82 Å². The number of rotatable bonds is 5. The minimum Gasteiger partial charge on any atom is -0.369 e. The number of primary amides is 1. The Morgan fingerprint density at radius 3 is 2.74 bits per heavy atom. The highest BCUT2D eigenvalue weighted by Gasteiger charge is 2.21. The molecule has 0 atom stereocenters. The third-order valence-corrected chi connectivity index (χ3v) is 3.81. The molecule has 0 radical (unpaired) electrons. The fourth-order valence-corrected chi connectivity index (χ4v) is 2.80. The minimum absolute atomic E-state index is 0.227. The minimum atomic E-state index is -0.227. The lowest BCUT2D eigenvalue weighted by Crippen LogP contribution is -2.40. The Bertz CT molecular complexity index is 419. The molecule has 2 heterocycles. The monoisotopic (exact) mass is 264 g/mol. The van der Waals surface area contributed by atoms with E-state index < -0.39 is 0 Å². The van der Waals surface area contributed by atoms with Crippen molar-refractivity contribution in [3.63, 3.8) is 0 Å². The van der Waals surface area contributed by atoms with Gasteiger partial charge in [-0.1, -0.05) is 13.8 Å². The summed E-state index contributed by atoms with van der Waals surface area (Å²) in [6, 6.07) is 0. The Morgan fingerprint density at radius 1 is 1.47 bits per heavy atom. The fraction of sp³-hybridized carbons (Fsp3) is 0.714. The molecule has 2 rings (SSSR count). The summed E-state index contributed by atoms with van der Waals surface area (Å²) in [6.07, 6.45) is 6.22. The van der Waals surface area contributed by atoms with Crippen molar-refractivity contribution in [1.82, 2.24) is 14.5 Å². The molecular weight excluding hydrogens is 240 g/mol. The molecule has 0 spiro atoms. The van der Waals surface area contributed by atoms with Crippen LogP contribution in [-0.4, -0.2) is 40.0 Å². The van der Waals surface area contributed by atoms with Crippen LogP contribution in [0.4, 0.5) is 0 Å². The fourth-order valence-electron chi connectivity index (χ4n) is 2.80. The molecule has 0 aliphatic carbocycles. The van der Waals surface area contributed by atoms with Gasteiger partial charge in [0.15, 0.2) is 0 Å². The summed E-state index contributed by atoms with van der Waals surface area (Å²) >= 11 is 0. The molecule has 1 aliphatic rings. The van der Waals surface area contributed by atoms with Crippen LogP contribution in [0.15, 0.2) is 12.4 Å². The largest absolute Gasteiger partial charge is 0.369 e. The number of likely N-dealkylation sites (tertiary alicyclic amines) is 1. The summed E-state index contributed by atoms with van der Waals surface area (Å²) in [6.45, 7) is 7.73. The highest BCUT2D eigenvalue weighted by molar-refractivity contribution is 5.75. The van der Waals surface area contributed by atoms with Gasteiger partial charge in [0.2, 0.25) is 5.91 Å². The zero-order valence-corrected chi connectivity index (χ0v) is 11.9. The number of hydrogen-bond acceptors (Lipinski definition) is 3. The lowest BCUT2D eigenvalue weighted by atomic mass is 9.96. The Labute approximate surface area is 114 Å². The molecule has 5 heteroatoms. The number of amides is 1. The lowest BCUT2D eigenvalue weighted by molar-refractivity contribution is -0.119. The van der Waals surface area contributed by atoms with Crippen LogP contribution < -0.4 is 5.73 Å². The number of carbonyl (C=O) groups excluding carboxylic acids is 1. The van der Waals surface area contributed by atoms with Crippen LogP contribution in [0.5, 0.6) is 0 Å². The van der Waals surface area contributed by atoms with E-state index in [0.29, 0.717) is 18.4 Å². The Hall–Kier alpha value is -1.36. The Morgan fingerprint density at radius 2 is 2.16 bits per heavy atom. The van der Waals surface area contributed by atoms with Crippen molar-refractivity contribution in [2.45, 2.75) is 39.2 Å². The van der Waals surface area contributed by atoms with Gasteiger partial charge in [-0.05, 0) is 31.8 Å². The van der Waals surface area contributed by atoms with Crippen molar-refractivity contribution in [2.75, 3.05) is 19.6 Å². The Kier molecular flexibility index (Phi) is 4.58. The molecule has 106 valence electrons. The molecule has 19 heavy (non-hydrogen) atoms. The van der Waals surface area contributed by atoms with Crippen molar-refractivity contribution in [3.8, 4) is 0 Å². The number of aromatic nitrogens is 2. The number of nitrogens with zero attached hydrogens (tertiary/aromatic N) is 3. The van der Waals surface area contributed by atoms with E-state index >= 15 is 0 Å². The third-order valence-electron chi connectivity index (χ3n) is 3.81. The molecule has 0 unspecified atom stereocenters. The van der Waals surface area contributed by atoms with Gasteiger partial charge in [-0.25, -0.2) is 4.98 Å². The number of imidazole rings is 1. The summed E-state index contributed by atoms with van der Waals surface area (Å²) in [7, 11) is 0. The average Bonchev–Trinajstić information content (AvgIpc) is 2.79. The van der Waals surface area contributed by atoms with Crippen LogP contribution >= 0.6 is 0 Å². The summed E-state index contributed by atoms with van der Waals surface area (Å²) in [5.41, 5.74) is 5.23. The van der Waals surface area contributed by atoms with Gasteiger partial charge in [-0.15, -0.1) is 0 Å². The first-order chi connectivity index (χ1) is 9.06. The van der Waals surface area contributed by atoms with E-state index in [2.05, 4.69) is 34.5 Å². The second-order valence-electron chi connectivity index (χ2n) is 5.78.